The van der Waals surface area contributed by atoms with E-state index in [1.54, 1.807) is 20.5 Å². The molecular formula is C14H25N3O3. The Kier molecular flexibility index (Phi) is 9.34. The maximum absolute atomic E-state index is 5.29. The highest BCUT2D eigenvalue weighted by molar-refractivity contribution is 5.79. The molecule has 0 saturated carbocycles. The number of guanidine groups is 1. The van der Waals surface area contributed by atoms with Crippen LogP contribution in [0.2, 0.25) is 0 Å². The molecule has 1 aromatic rings. The summed E-state index contributed by atoms with van der Waals surface area (Å²) in [6, 6.07) is 3.86. The second-order valence-electron chi connectivity index (χ2n) is 4.25. The lowest BCUT2D eigenvalue weighted by atomic mass is 10.3. The Morgan fingerprint density at radius 2 is 2.00 bits per heavy atom. The lowest BCUT2D eigenvalue weighted by Crippen LogP contribution is -2.40. The van der Waals surface area contributed by atoms with Crippen molar-refractivity contribution >= 4 is 5.96 Å². The molecule has 0 aromatic carbocycles. The third-order valence-electron chi connectivity index (χ3n) is 2.62. The molecule has 0 aliphatic heterocycles. The molecule has 6 nitrogen and oxygen atoms in total. The molecule has 0 radical (unpaired) electrons. The first-order chi connectivity index (χ1) is 9.86. The molecule has 0 amide bonds. The number of nitrogens with one attached hydrogen (secondary N) is 2. The average molecular weight is 283 g/mol. The molecule has 114 valence electrons. The van der Waals surface area contributed by atoms with E-state index in [4.69, 9.17) is 13.9 Å². The summed E-state index contributed by atoms with van der Waals surface area (Å²) >= 11 is 0. The minimum atomic E-state index is 0.650. The highest BCUT2D eigenvalue weighted by Crippen LogP contribution is 1.99. The molecular weight excluding hydrogens is 258 g/mol. The molecule has 1 heterocycles. The largest absolute Gasteiger partial charge is 0.469 e. The van der Waals surface area contributed by atoms with Gasteiger partial charge in [-0.3, -0.25) is 4.99 Å². The fourth-order valence-electron chi connectivity index (χ4n) is 1.60. The van der Waals surface area contributed by atoms with Gasteiger partial charge in [-0.1, -0.05) is 0 Å². The minimum absolute atomic E-state index is 0.650. The maximum Gasteiger partial charge on any atom is 0.191 e. The smallest absolute Gasteiger partial charge is 0.191 e. The first kappa shape index (κ1) is 16.5. The van der Waals surface area contributed by atoms with Crippen molar-refractivity contribution in [2.45, 2.75) is 12.8 Å². The number of hydrogen-bond acceptors (Lipinski definition) is 4. The van der Waals surface area contributed by atoms with Crippen LogP contribution >= 0.6 is 0 Å². The van der Waals surface area contributed by atoms with Gasteiger partial charge in [-0.05, 0) is 18.6 Å². The normalized spacial score (nSPS) is 11.6. The zero-order valence-electron chi connectivity index (χ0n) is 12.4. The Morgan fingerprint density at radius 1 is 1.20 bits per heavy atom. The fraction of sp³-hybridized carbons (Fsp3) is 0.643. The lowest BCUT2D eigenvalue weighted by Gasteiger charge is -2.11. The van der Waals surface area contributed by atoms with Gasteiger partial charge in [0.15, 0.2) is 5.96 Å². The zero-order valence-corrected chi connectivity index (χ0v) is 12.4. The van der Waals surface area contributed by atoms with Crippen molar-refractivity contribution in [2.24, 2.45) is 4.99 Å². The second kappa shape index (κ2) is 11.3. The highest BCUT2D eigenvalue weighted by atomic mass is 16.5. The van der Waals surface area contributed by atoms with Crippen molar-refractivity contribution in [2.75, 3.05) is 47.1 Å². The van der Waals surface area contributed by atoms with E-state index in [0.717, 1.165) is 50.8 Å². The molecule has 1 aromatic heterocycles. The molecule has 0 aliphatic carbocycles. The summed E-state index contributed by atoms with van der Waals surface area (Å²) < 4.78 is 15.3. The van der Waals surface area contributed by atoms with Gasteiger partial charge in [-0.15, -0.1) is 0 Å². The van der Waals surface area contributed by atoms with E-state index < -0.39 is 0 Å². The van der Waals surface area contributed by atoms with Crippen molar-refractivity contribution in [3.63, 3.8) is 0 Å². The minimum Gasteiger partial charge on any atom is -0.469 e. The summed E-state index contributed by atoms with van der Waals surface area (Å²) in [6.45, 7) is 3.61. The van der Waals surface area contributed by atoms with E-state index in [-0.39, 0.29) is 0 Å². The van der Waals surface area contributed by atoms with Crippen molar-refractivity contribution < 1.29 is 13.9 Å². The predicted octanol–water partition coefficient (Wildman–Crippen LogP) is 1.04. The zero-order chi connectivity index (χ0) is 14.5. The molecule has 1 rings (SSSR count). The third kappa shape index (κ3) is 7.81. The molecule has 2 N–H and O–H groups in total. The summed E-state index contributed by atoms with van der Waals surface area (Å²) in [4.78, 5) is 4.48. The number of rotatable bonds is 10. The van der Waals surface area contributed by atoms with E-state index in [0.29, 0.717) is 6.61 Å². The molecule has 20 heavy (non-hydrogen) atoms. The van der Waals surface area contributed by atoms with Crippen LogP contribution < -0.4 is 10.6 Å². The van der Waals surface area contributed by atoms with E-state index >= 15 is 0 Å². The molecule has 0 aliphatic rings. The van der Waals surface area contributed by atoms with Gasteiger partial charge in [0.1, 0.15) is 5.76 Å². The first-order valence-corrected chi connectivity index (χ1v) is 6.89. The molecule has 0 bridgehead atoms. The first-order valence-electron chi connectivity index (χ1n) is 6.89. The summed E-state index contributed by atoms with van der Waals surface area (Å²) in [7, 11) is 3.38. The number of ether oxygens (including phenoxy) is 2. The standard InChI is InChI=1S/C14H25N3O3/c1-18-10-4-7-15-14(17-9-12-19-2)16-8-6-13-5-3-11-20-13/h3,5,11H,4,6-10,12H2,1-2H3,(H2,15,16,17). The number of hydrogen-bond donors (Lipinski definition) is 2. The van der Waals surface area contributed by atoms with Crippen molar-refractivity contribution in [1.29, 1.82) is 0 Å². The lowest BCUT2D eigenvalue weighted by molar-refractivity contribution is 0.196. The Balaban J connectivity index is 2.28. The molecule has 0 atom stereocenters. The van der Waals surface area contributed by atoms with Crippen molar-refractivity contribution in [3.05, 3.63) is 24.2 Å². The van der Waals surface area contributed by atoms with Gasteiger partial charge in [0.2, 0.25) is 0 Å². The molecule has 0 spiro atoms. The summed E-state index contributed by atoms with van der Waals surface area (Å²) in [5, 5.41) is 6.50. The van der Waals surface area contributed by atoms with Crippen LogP contribution in [0.4, 0.5) is 0 Å². The number of furan rings is 1. The highest BCUT2D eigenvalue weighted by Gasteiger charge is 1.99. The number of aliphatic imine (C=N–C) groups is 1. The molecule has 0 saturated heterocycles. The fourth-order valence-corrected chi connectivity index (χ4v) is 1.60. The molecule has 0 fully saturated rings. The van der Waals surface area contributed by atoms with Crippen LogP contribution in [0.1, 0.15) is 12.2 Å². The van der Waals surface area contributed by atoms with Crippen LogP contribution in [0, 0.1) is 0 Å². The summed E-state index contributed by atoms with van der Waals surface area (Å²) in [6.07, 6.45) is 3.42. The Labute approximate surface area is 120 Å². The van der Waals surface area contributed by atoms with Crippen molar-refractivity contribution in [1.82, 2.24) is 10.6 Å². The van der Waals surface area contributed by atoms with E-state index in [9.17, 15) is 0 Å². The van der Waals surface area contributed by atoms with Gasteiger partial charge in [0.25, 0.3) is 0 Å². The molecule has 6 heteroatoms. The van der Waals surface area contributed by atoms with Gasteiger partial charge in [0.05, 0.1) is 12.9 Å². The molecule has 0 unspecified atom stereocenters. The van der Waals surface area contributed by atoms with Crippen molar-refractivity contribution in [3.8, 4) is 0 Å². The van der Waals surface area contributed by atoms with Crippen LogP contribution in [-0.2, 0) is 15.9 Å². The Bertz CT molecular complexity index is 353. The summed E-state index contributed by atoms with van der Waals surface area (Å²) in [5.41, 5.74) is 0. The Morgan fingerprint density at radius 3 is 2.70 bits per heavy atom. The average Bonchev–Trinajstić information content (AvgIpc) is 2.96. The van der Waals surface area contributed by atoms with Gasteiger partial charge in [-0.25, -0.2) is 0 Å². The van der Waals surface area contributed by atoms with E-state index in [1.807, 2.05) is 12.1 Å². The van der Waals surface area contributed by atoms with E-state index in [1.165, 1.54) is 0 Å². The second-order valence-corrected chi connectivity index (χ2v) is 4.25. The predicted molar refractivity (Wildman–Crippen MR) is 79.1 cm³/mol. The van der Waals surface area contributed by atoms with Crippen LogP contribution in [0.15, 0.2) is 27.8 Å². The monoisotopic (exact) mass is 283 g/mol. The van der Waals surface area contributed by atoms with Gasteiger partial charge in [0, 0.05) is 46.9 Å². The number of nitrogens with zero attached hydrogens (tertiary/aromatic N) is 1. The maximum atomic E-state index is 5.29. The van der Waals surface area contributed by atoms with Crippen LogP contribution in [0.3, 0.4) is 0 Å². The third-order valence-corrected chi connectivity index (χ3v) is 2.62. The number of methoxy groups -OCH3 is 2. The van der Waals surface area contributed by atoms with Crippen LogP contribution in [0.25, 0.3) is 0 Å². The van der Waals surface area contributed by atoms with Crippen LogP contribution in [0.5, 0.6) is 0 Å². The van der Waals surface area contributed by atoms with Crippen LogP contribution in [-0.4, -0.2) is 53.0 Å². The topological polar surface area (TPSA) is 68.0 Å². The van der Waals surface area contributed by atoms with Gasteiger partial charge < -0.3 is 24.5 Å². The van der Waals surface area contributed by atoms with E-state index in [2.05, 4.69) is 15.6 Å². The summed E-state index contributed by atoms with van der Waals surface area (Å²) in [5.74, 6) is 1.76. The quantitative estimate of drug-likeness (QED) is 0.381. The Hall–Kier alpha value is -1.53. The van der Waals surface area contributed by atoms with Gasteiger partial charge in [-0.2, -0.15) is 0 Å². The SMILES string of the molecule is COCCCN=C(NCCOC)NCCc1ccco1. The van der Waals surface area contributed by atoms with Gasteiger partial charge >= 0.3 is 0 Å².